The Bertz CT molecular complexity index is 422. The van der Waals surface area contributed by atoms with E-state index in [0.29, 0.717) is 18.8 Å². The number of amides is 1. The fourth-order valence-corrected chi connectivity index (χ4v) is 2.07. The van der Waals surface area contributed by atoms with Gasteiger partial charge in [-0.3, -0.25) is 9.78 Å². The summed E-state index contributed by atoms with van der Waals surface area (Å²) in [4.78, 5) is 17.9. The minimum Gasteiger partial charge on any atom is -0.390 e. The molecule has 0 radical (unpaired) electrons. The summed E-state index contributed by atoms with van der Waals surface area (Å²) in [5.74, 6) is -0.143. The lowest BCUT2D eigenvalue weighted by Gasteiger charge is -2.26. The topological polar surface area (TPSA) is 65.5 Å². The van der Waals surface area contributed by atoms with Crippen molar-refractivity contribution in [3.05, 3.63) is 29.6 Å². The van der Waals surface area contributed by atoms with Crippen LogP contribution in [-0.4, -0.2) is 53.2 Å². The number of likely N-dealkylation sites (N-methyl/N-ethyl adjacent to an activating group) is 1. The third-order valence-electron chi connectivity index (χ3n) is 3.18. The Hall–Kier alpha value is -1.46. The van der Waals surface area contributed by atoms with Crippen LogP contribution in [0.3, 0.4) is 0 Å². The zero-order valence-electron chi connectivity index (χ0n) is 10.1. The summed E-state index contributed by atoms with van der Waals surface area (Å²) in [6, 6.07) is 3.49. The molecule has 1 aromatic rings. The third-order valence-corrected chi connectivity index (χ3v) is 3.18. The number of hydrogen-bond acceptors (Lipinski definition) is 4. The Balaban J connectivity index is 2.17. The van der Waals surface area contributed by atoms with Crippen LogP contribution >= 0.6 is 0 Å². The van der Waals surface area contributed by atoms with E-state index >= 15 is 0 Å². The monoisotopic (exact) mass is 235 g/mol. The molecule has 1 saturated heterocycles. The number of nitrogens with one attached hydrogen (secondary N) is 1. The molecule has 2 rings (SSSR count). The van der Waals surface area contributed by atoms with Gasteiger partial charge in [0.2, 0.25) is 0 Å². The lowest BCUT2D eigenvalue weighted by atomic mass is 10.1. The maximum absolute atomic E-state index is 12.2. The van der Waals surface area contributed by atoms with E-state index in [4.69, 9.17) is 0 Å². The van der Waals surface area contributed by atoms with E-state index in [0.717, 1.165) is 5.56 Å². The van der Waals surface area contributed by atoms with Crippen molar-refractivity contribution >= 4 is 5.91 Å². The van der Waals surface area contributed by atoms with Crippen molar-refractivity contribution in [3.63, 3.8) is 0 Å². The van der Waals surface area contributed by atoms with Crippen LogP contribution < -0.4 is 5.32 Å². The van der Waals surface area contributed by atoms with Gasteiger partial charge in [-0.15, -0.1) is 0 Å². The lowest BCUT2D eigenvalue weighted by Crippen LogP contribution is -2.44. The molecule has 17 heavy (non-hydrogen) atoms. The second kappa shape index (κ2) is 4.81. The van der Waals surface area contributed by atoms with Crippen LogP contribution in [-0.2, 0) is 0 Å². The van der Waals surface area contributed by atoms with Crippen molar-refractivity contribution in [3.8, 4) is 0 Å². The van der Waals surface area contributed by atoms with Crippen LogP contribution in [0, 0.1) is 6.92 Å². The molecule has 92 valence electrons. The van der Waals surface area contributed by atoms with Crippen LogP contribution in [0.5, 0.6) is 0 Å². The normalized spacial score (nSPS) is 23.7. The molecule has 0 saturated carbocycles. The average Bonchev–Trinajstić information content (AvgIpc) is 2.74. The van der Waals surface area contributed by atoms with Gasteiger partial charge in [0, 0.05) is 26.3 Å². The molecule has 1 aliphatic rings. The Morgan fingerprint density at radius 3 is 2.94 bits per heavy atom. The second-order valence-electron chi connectivity index (χ2n) is 4.38. The number of pyridine rings is 1. The number of rotatable bonds is 2. The third kappa shape index (κ3) is 2.30. The summed E-state index contributed by atoms with van der Waals surface area (Å²) in [6.45, 7) is 3.01. The molecule has 1 amide bonds. The molecule has 1 aromatic heterocycles. The minimum absolute atomic E-state index is 0.143. The number of aryl methyl sites for hydroxylation is 1. The van der Waals surface area contributed by atoms with E-state index in [2.05, 4.69) is 10.3 Å². The maximum Gasteiger partial charge on any atom is 0.272 e. The van der Waals surface area contributed by atoms with Gasteiger partial charge in [0.15, 0.2) is 0 Å². The van der Waals surface area contributed by atoms with Crippen molar-refractivity contribution in [2.75, 3.05) is 20.1 Å². The molecule has 0 bridgehead atoms. The van der Waals surface area contributed by atoms with Gasteiger partial charge >= 0.3 is 0 Å². The average molecular weight is 235 g/mol. The molecule has 2 atom stereocenters. The molecule has 1 fully saturated rings. The second-order valence-corrected chi connectivity index (χ2v) is 4.38. The molecule has 5 heteroatoms. The van der Waals surface area contributed by atoms with Gasteiger partial charge in [-0.2, -0.15) is 0 Å². The highest BCUT2D eigenvalue weighted by Gasteiger charge is 2.32. The highest BCUT2D eigenvalue weighted by atomic mass is 16.3. The summed E-state index contributed by atoms with van der Waals surface area (Å²) in [7, 11) is 1.71. The van der Waals surface area contributed by atoms with Crippen molar-refractivity contribution < 1.29 is 9.90 Å². The minimum atomic E-state index is -0.507. The maximum atomic E-state index is 12.2. The summed E-state index contributed by atoms with van der Waals surface area (Å²) < 4.78 is 0. The molecule has 1 aliphatic heterocycles. The molecule has 0 unspecified atom stereocenters. The summed E-state index contributed by atoms with van der Waals surface area (Å²) in [5.41, 5.74) is 1.30. The van der Waals surface area contributed by atoms with Crippen molar-refractivity contribution in [2.45, 2.75) is 19.1 Å². The van der Waals surface area contributed by atoms with Gasteiger partial charge in [0.25, 0.3) is 5.91 Å². The first-order valence-electron chi connectivity index (χ1n) is 5.69. The zero-order valence-corrected chi connectivity index (χ0v) is 10.1. The molecular weight excluding hydrogens is 218 g/mol. The molecule has 2 heterocycles. The number of hydrogen-bond donors (Lipinski definition) is 2. The van der Waals surface area contributed by atoms with Crippen LogP contribution in [0.1, 0.15) is 16.1 Å². The standard InChI is InChI=1S/C12H17N3O2/c1-8-4-3-5-14-11(8)12(17)15(2)9-6-13-7-10(9)16/h3-5,9-10,13,16H,6-7H2,1-2H3/t9-,10-/m1/s1. The van der Waals surface area contributed by atoms with Crippen LogP contribution in [0.2, 0.25) is 0 Å². The van der Waals surface area contributed by atoms with Crippen LogP contribution in [0.4, 0.5) is 0 Å². The number of nitrogens with zero attached hydrogens (tertiary/aromatic N) is 2. The quantitative estimate of drug-likeness (QED) is 0.745. The first-order valence-corrected chi connectivity index (χ1v) is 5.69. The van der Waals surface area contributed by atoms with E-state index in [1.54, 1.807) is 24.2 Å². The predicted octanol–water partition coefficient (Wildman–Crippen LogP) is -0.205. The zero-order chi connectivity index (χ0) is 12.4. The molecule has 0 aromatic carbocycles. The van der Waals surface area contributed by atoms with Gasteiger partial charge < -0.3 is 15.3 Å². The van der Waals surface area contributed by atoms with E-state index < -0.39 is 6.10 Å². The summed E-state index contributed by atoms with van der Waals surface area (Å²) in [5, 5.41) is 12.8. The summed E-state index contributed by atoms with van der Waals surface area (Å²) >= 11 is 0. The number of aliphatic hydroxyl groups is 1. The van der Waals surface area contributed by atoms with Gasteiger partial charge in [-0.25, -0.2) is 0 Å². The Morgan fingerprint density at radius 1 is 1.59 bits per heavy atom. The smallest absolute Gasteiger partial charge is 0.272 e. The number of β-amino-alcohol motifs (C(OH)–C–C–N with tert-alkyl or cyclic N) is 1. The van der Waals surface area contributed by atoms with E-state index in [1.807, 2.05) is 13.0 Å². The molecule has 0 aliphatic carbocycles. The number of carbonyl (C=O) groups excluding carboxylic acids is 1. The largest absolute Gasteiger partial charge is 0.390 e. The number of aliphatic hydroxyl groups excluding tert-OH is 1. The molecule has 5 nitrogen and oxygen atoms in total. The van der Waals surface area contributed by atoms with Gasteiger partial charge in [0.1, 0.15) is 5.69 Å². The van der Waals surface area contributed by atoms with Crippen LogP contribution in [0.25, 0.3) is 0 Å². The van der Waals surface area contributed by atoms with E-state index in [9.17, 15) is 9.90 Å². The highest BCUT2D eigenvalue weighted by molar-refractivity contribution is 5.93. The van der Waals surface area contributed by atoms with Gasteiger partial charge in [-0.05, 0) is 18.6 Å². The Labute approximate surface area is 100 Å². The predicted molar refractivity (Wildman–Crippen MR) is 63.7 cm³/mol. The van der Waals surface area contributed by atoms with Crippen molar-refractivity contribution in [1.29, 1.82) is 0 Å². The van der Waals surface area contributed by atoms with Gasteiger partial charge in [0.05, 0.1) is 12.1 Å². The summed E-state index contributed by atoms with van der Waals surface area (Å²) in [6.07, 6.45) is 1.10. The van der Waals surface area contributed by atoms with Gasteiger partial charge in [-0.1, -0.05) is 6.07 Å². The molecular formula is C12H17N3O2. The first-order chi connectivity index (χ1) is 8.11. The molecule has 2 N–H and O–H groups in total. The van der Waals surface area contributed by atoms with E-state index in [-0.39, 0.29) is 11.9 Å². The SMILES string of the molecule is Cc1cccnc1C(=O)N(C)[C@@H]1CNC[C@H]1O. The first kappa shape index (κ1) is 12.0. The van der Waals surface area contributed by atoms with Crippen molar-refractivity contribution in [2.24, 2.45) is 0 Å². The highest BCUT2D eigenvalue weighted by Crippen LogP contribution is 2.13. The van der Waals surface area contributed by atoms with Crippen molar-refractivity contribution in [1.82, 2.24) is 15.2 Å². The fraction of sp³-hybridized carbons (Fsp3) is 0.500. The fourth-order valence-electron chi connectivity index (χ4n) is 2.07. The van der Waals surface area contributed by atoms with Crippen LogP contribution in [0.15, 0.2) is 18.3 Å². The lowest BCUT2D eigenvalue weighted by molar-refractivity contribution is 0.0575. The number of aromatic nitrogens is 1. The van der Waals surface area contributed by atoms with E-state index in [1.165, 1.54) is 0 Å². The molecule has 0 spiro atoms. The Morgan fingerprint density at radius 2 is 2.35 bits per heavy atom. The Kier molecular flexibility index (Phi) is 3.40. The number of carbonyl (C=O) groups is 1.